The zero-order valence-electron chi connectivity index (χ0n) is 30.6. The topological polar surface area (TPSA) is 56.0 Å². The molecule has 0 aliphatic carbocycles. The van der Waals surface area contributed by atoms with E-state index < -0.39 is 0 Å². The SMILES string of the molecule is c1ccc2c(-c3nc(-c4ccc(-c5ccc6c(c5)c5c7ccccc7ccc5c5nc7ccccn7c65)cc4)nc(-c4cccc5ccccc45)n3)cccc2c1. The maximum absolute atomic E-state index is 5.15. The van der Waals surface area contributed by atoms with E-state index in [4.69, 9.17) is 19.9 Å². The van der Waals surface area contributed by atoms with Gasteiger partial charge in [-0.1, -0.05) is 164 Å². The molecule has 0 spiro atoms. The minimum Gasteiger partial charge on any atom is -0.299 e. The molecule has 264 valence electrons. The highest BCUT2D eigenvalue weighted by atomic mass is 15.0. The van der Waals surface area contributed by atoms with Crippen molar-refractivity contribution in [2.45, 2.75) is 0 Å². The first-order valence-electron chi connectivity index (χ1n) is 19.2. The molecule has 5 nitrogen and oxygen atoms in total. The maximum atomic E-state index is 5.15. The van der Waals surface area contributed by atoms with Gasteiger partial charge in [0.15, 0.2) is 17.5 Å². The van der Waals surface area contributed by atoms with Crippen molar-refractivity contribution in [3.8, 4) is 45.3 Å². The van der Waals surface area contributed by atoms with Crippen molar-refractivity contribution in [3.05, 3.63) is 188 Å². The van der Waals surface area contributed by atoms with E-state index in [1.807, 2.05) is 0 Å². The summed E-state index contributed by atoms with van der Waals surface area (Å²) in [6.07, 6.45) is 2.11. The van der Waals surface area contributed by atoms with Crippen LogP contribution in [-0.4, -0.2) is 24.3 Å². The predicted molar refractivity (Wildman–Crippen MR) is 235 cm³/mol. The van der Waals surface area contributed by atoms with Crippen LogP contribution in [-0.2, 0) is 0 Å². The number of pyridine rings is 1. The Labute approximate surface area is 327 Å². The summed E-state index contributed by atoms with van der Waals surface area (Å²) in [5.74, 6) is 1.93. The average Bonchev–Trinajstić information content (AvgIpc) is 3.68. The van der Waals surface area contributed by atoms with E-state index in [0.717, 1.165) is 71.4 Å². The Kier molecular flexibility index (Phi) is 6.86. The summed E-state index contributed by atoms with van der Waals surface area (Å²) in [6, 6.07) is 64.2. The second kappa shape index (κ2) is 12.4. The molecule has 3 heterocycles. The minimum absolute atomic E-state index is 0.633. The molecular weight excluding hydrogens is 695 g/mol. The van der Waals surface area contributed by atoms with Gasteiger partial charge in [0.05, 0.1) is 11.0 Å². The summed E-state index contributed by atoms with van der Waals surface area (Å²) in [4.78, 5) is 20.6. The Bertz CT molecular complexity index is 3480. The van der Waals surface area contributed by atoms with Gasteiger partial charge < -0.3 is 0 Å². The third-order valence-corrected chi connectivity index (χ3v) is 11.4. The first kappa shape index (κ1) is 31.6. The molecule has 0 bridgehead atoms. The summed E-state index contributed by atoms with van der Waals surface area (Å²) in [5, 5.41) is 11.7. The fourth-order valence-electron chi connectivity index (χ4n) is 8.74. The van der Waals surface area contributed by atoms with Gasteiger partial charge in [-0.25, -0.2) is 19.9 Å². The number of hydrogen-bond acceptors (Lipinski definition) is 4. The Morgan fingerprint density at radius 3 is 1.58 bits per heavy atom. The summed E-state index contributed by atoms with van der Waals surface area (Å²) >= 11 is 0. The molecule has 0 atom stereocenters. The van der Waals surface area contributed by atoms with E-state index in [0.29, 0.717) is 17.5 Å². The van der Waals surface area contributed by atoms with E-state index in [1.165, 1.54) is 26.9 Å². The molecule has 0 fully saturated rings. The van der Waals surface area contributed by atoms with Gasteiger partial charge in [-0.3, -0.25) is 4.40 Å². The number of nitrogens with zero attached hydrogens (tertiary/aromatic N) is 5. The molecule has 9 aromatic carbocycles. The number of hydrogen-bond donors (Lipinski definition) is 0. The van der Waals surface area contributed by atoms with E-state index in [1.54, 1.807) is 0 Å². The van der Waals surface area contributed by atoms with Gasteiger partial charge in [-0.15, -0.1) is 0 Å². The lowest BCUT2D eigenvalue weighted by molar-refractivity contribution is 1.08. The molecule has 0 aliphatic rings. The second-order valence-electron chi connectivity index (χ2n) is 14.6. The quantitative estimate of drug-likeness (QED) is 0.170. The second-order valence-corrected chi connectivity index (χ2v) is 14.6. The number of aromatic nitrogens is 5. The summed E-state index contributed by atoms with van der Waals surface area (Å²) in [5.41, 5.74) is 8.23. The molecule has 0 radical (unpaired) electrons. The predicted octanol–water partition coefficient (Wildman–Crippen LogP) is 13.1. The van der Waals surface area contributed by atoms with Gasteiger partial charge in [0.2, 0.25) is 0 Å². The van der Waals surface area contributed by atoms with Crippen molar-refractivity contribution in [1.29, 1.82) is 0 Å². The lowest BCUT2D eigenvalue weighted by Crippen LogP contribution is -2.01. The van der Waals surface area contributed by atoms with E-state index in [2.05, 4.69) is 193 Å². The Morgan fingerprint density at radius 2 is 0.877 bits per heavy atom. The van der Waals surface area contributed by atoms with Crippen LogP contribution >= 0.6 is 0 Å². The van der Waals surface area contributed by atoms with Gasteiger partial charge in [-0.2, -0.15) is 0 Å². The number of benzene rings is 9. The van der Waals surface area contributed by atoms with Crippen LogP contribution in [0.25, 0.3) is 116 Å². The molecule has 3 aromatic heterocycles. The first-order chi connectivity index (χ1) is 28.2. The smallest absolute Gasteiger partial charge is 0.164 e. The lowest BCUT2D eigenvalue weighted by Gasteiger charge is -2.13. The average molecular weight is 726 g/mol. The first-order valence-corrected chi connectivity index (χ1v) is 19.2. The maximum Gasteiger partial charge on any atom is 0.164 e. The van der Waals surface area contributed by atoms with Gasteiger partial charge >= 0.3 is 0 Å². The van der Waals surface area contributed by atoms with Crippen molar-refractivity contribution >= 4 is 70.5 Å². The summed E-state index contributed by atoms with van der Waals surface area (Å²) < 4.78 is 2.22. The molecule has 0 N–H and O–H groups in total. The van der Waals surface area contributed by atoms with Crippen molar-refractivity contribution in [1.82, 2.24) is 24.3 Å². The van der Waals surface area contributed by atoms with Crippen molar-refractivity contribution in [2.24, 2.45) is 0 Å². The van der Waals surface area contributed by atoms with Crippen LogP contribution in [0.2, 0.25) is 0 Å². The fourth-order valence-corrected chi connectivity index (χ4v) is 8.74. The third kappa shape index (κ3) is 4.96. The van der Waals surface area contributed by atoms with Crippen LogP contribution in [0.1, 0.15) is 0 Å². The summed E-state index contributed by atoms with van der Waals surface area (Å²) in [6.45, 7) is 0. The molecule has 12 rings (SSSR count). The van der Waals surface area contributed by atoms with Crippen LogP contribution < -0.4 is 0 Å². The summed E-state index contributed by atoms with van der Waals surface area (Å²) in [7, 11) is 0. The van der Waals surface area contributed by atoms with Gasteiger partial charge in [0.25, 0.3) is 0 Å². The van der Waals surface area contributed by atoms with E-state index in [-0.39, 0.29) is 0 Å². The third-order valence-electron chi connectivity index (χ3n) is 11.4. The van der Waals surface area contributed by atoms with E-state index in [9.17, 15) is 0 Å². The molecular formula is C52H31N5. The molecule has 0 saturated heterocycles. The Hall–Kier alpha value is -7.76. The highest BCUT2D eigenvalue weighted by molar-refractivity contribution is 6.30. The number of imidazole rings is 1. The van der Waals surface area contributed by atoms with Crippen molar-refractivity contribution in [2.75, 3.05) is 0 Å². The van der Waals surface area contributed by atoms with Crippen LogP contribution in [0.4, 0.5) is 0 Å². The highest BCUT2D eigenvalue weighted by Crippen LogP contribution is 2.41. The molecule has 0 aliphatic heterocycles. The van der Waals surface area contributed by atoms with Crippen LogP contribution in [0.3, 0.4) is 0 Å². The largest absolute Gasteiger partial charge is 0.299 e. The molecule has 5 heteroatoms. The molecule has 0 saturated carbocycles. The zero-order chi connectivity index (χ0) is 37.5. The lowest BCUT2D eigenvalue weighted by atomic mass is 9.92. The van der Waals surface area contributed by atoms with Gasteiger partial charge in [0.1, 0.15) is 5.65 Å². The number of rotatable bonds is 4. The van der Waals surface area contributed by atoms with Gasteiger partial charge in [-0.05, 0) is 72.4 Å². The highest BCUT2D eigenvalue weighted by Gasteiger charge is 2.19. The zero-order valence-corrected chi connectivity index (χ0v) is 30.6. The molecule has 0 amide bonds. The monoisotopic (exact) mass is 725 g/mol. The Morgan fingerprint density at radius 1 is 0.333 bits per heavy atom. The van der Waals surface area contributed by atoms with Crippen molar-refractivity contribution < 1.29 is 0 Å². The van der Waals surface area contributed by atoms with Crippen LogP contribution in [0.15, 0.2) is 188 Å². The molecule has 0 unspecified atom stereocenters. The molecule has 12 aromatic rings. The van der Waals surface area contributed by atoms with E-state index >= 15 is 0 Å². The molecule has 57 heavy (non-hydrogen) atoms. The number of fused-ring (bicyclic) bond motifs is 12. The van der Waals surface area contributed by atoms with Crippen LogP contribution in [0.5, 0.6) is 0 Å². The normalized spacial score (nSPS) is 11.9. The Balaban J connectivity index is 1.04. The minimum atomic E-state index is 0.633. The van der Waals surface area contributed by atoms with Crippen molar-refractivity contribution in [3.63, 3.8) is 0 Å². The fraction of sp³-hybridized carbons (Fsp3) is 0. The van der Waals surface area contributed by atoms with Gasteiger partial charge in [0, 0.05) is 33.7 Å². The standard InChI is InChI=1S/C52H31N5/c1-4-16-38-33(11-1)14-9-19-42(38)51-54-50(55-52(56-51)43-20-10-15-34-12-2-5-17-39(34)43)36-24-22-32(23-25-36)37-27-28-41-45(31-37)47-40-18-6-3-13-35(40)26-29-44(47)48-49(41)57-30-8-7-21-46(57)53-48/h1-31H. The van der Waals surface area contributed by atoms with Crippen LogP contribution in [0, 0.1) is 0 Å².